The molecule has 0 spiro atoms. The Morgan fingerprint density at radius 1 is 1.04 bits per heavy atom. The fourth-order valence-electron chi connectivity index (χ4n) is 3.12. The zero-order chi connectivity index (χ0) is 15.6. The van der Waals surface area contributed by atoms with Gasteiger partial charge in [0.1, 0.15) is 5.82 Å². The zero-order valence-electron chi connectivity index (χ0n) is 13.0. The number of nitrogens with zero attached hydrogens (tertiary/aromatic N) is 6. The van der Waals surface area contributed by atoms with Crippen molar-refractivity contribution in [3.8, 4) is 0 Å². The Bertz CT molecular complexity index is 783. The number of hydrogen-bond acceptors (Lipinski definition) is 5. The van der Waals surface area contributed by atoms with Crippen molar-refractivity contribution in [3.63, 3.8) is 0 Å². The first-order chi connectivity index (χ1) is 11.3. The van der Waals surface area contributed by atoms with E-state index in [9.17, 15) is 0 Å². The second kappa shape index (κ2) is 5.79. The highest BCUT2D eigenvalue weighted by atomic mass is 15.4. The average Bonchev–Trinajstić information content (AvgIpc) is 3.00. The summed E-state index contributed by atoms with van der Waals surface area (Å²) >= 11 is 0. The molecule has 0 N–H and O–H groups in total. The molecule has 0 fully saturated rings. The van der Waals surface area contributed by atoms with Gasteiger partial charge in [-0.1, -0.05) is 30.3 Å². The quantitative estimate of drug-likeness (QED) is 0.742. The summed E-state index contributed by atoms with van der Waals surface area (Å²) in [6.45, 7) is 3.74. The van der Waals surface area contributed by atoms with Gasteiger partial charge in [-0.25, -0.2) is 9.97 Å². The van der Waals surface area contributed by atoms with Gasteiger partial charge in [0.15, 0.2) is 5.82 Å². The molecule has 2 aromatic heterocycles. The van der Waals surface area contributed by atoms with E-state index in [2.05, 4.69) is 60.8 Å². The van der Waals surface area contributed by atoms with Gasteiger partial charge in [-0.3, -0.25) is 0 Å². The SMILES string of the molecule is C[C@H]1CN(c2ncccn2)Cc2nnc(Cc3ccccc3)n21. The van der Waals surface area contributed by atoms with Gasteiger partial charge in [0.05, 0.1) is 12.6 Å². The summed E-state index contributed by atoms with van der Waals surface area (Å²) < 4.78 is 2.26. The Kier molecular flexibility index (Phi) is 3.49. The van der Waals surface area contributed by atoms with Crippen LogP contribution in [0.4, 0.5) is 5.95 Å². The summed E-state index contributed by atoms with van der Waals surface area (Å²) in [5, 5.41) is 8.81. The molecule has 4 rings (SSSR count). The van der Waals surface area contributed by atoms with E-state index in [-0.39, 0.29) is 6.04 Å². The molecule has 0 aliphatic carbocycles. The first-order valence-electron chi connectivity index (χ1n) is 7.80. The van der Waals surface area contributed by atoms with E-state index in [1.165, 1.54) is 5.56 Å². The lowest BCUT2D eigenvalue weighted by Gasteiger charge is -2.32. The molecule has 23 heavy (non-hydrogen) atoms. The van der Waals surface area contributed by atoms with Crippen molar-refractivity contribution in [2.24, 2.45) is 0 Å². The molecule has 3 heterocycles. The van der Waals surface area contributed by atoms with Gasteiger partial charge in [-0.05, 0) is 18.6 Å². The molecule has 0 amide bonds. The molecule has 0 saturated carbocycles. The topological polar surface area (TPSA) is 59.7 Å². The standard InChI is InChI=1S/C17H18N6/c1-13-11-22(17-18-8-5-9-19-17)12-16-21-20-15(23(13)16)10-14-6-3-2-4-7-14/h2-9,13H,10-12H2,1H3/t13-/m0/s1. The molecule has 1 aromatic carbocycles. The van der Waals surface area contributed by atoms with E-state index < -0.39 is 0 Å². The van der Waals surface area contributed by atoms with Crippen LogP contribution in [-0.2, 0) is 13.0 Å². The maximum atomic E-state index is 4.42. The van der Waals surface area contributed by atoms with E-state index in [4.69, 9.17) is 0 Å². The summed E-state index contributed by atoms with van der Waals surface area (Å²) in [6, 6.07) is 12.5. The third-order valence-electron chi connectivity index (χ3n) is 4.13. The third-order valence-corrected chi connectivity index (χ3v) is 4.13. The van der Waals surface area contributed by atoms with Gasteiger partial charge in [-0.15, -0.1) is 10.2 Å². The highest BCUT2D eigenvalue weighted by Crippen LogP contribution is 2.24. The number of aromatic nitrogens is 5. The van der Waals surface area contributed by atoms with Gasteiger partial charge in [-0.2, -0.15) is 0 Å². The molecule has 6 heteroatoms. The smallest absolute Gasteiger partial charge is 0.225 e. The van der Waals surface area contributed by atoms with Gasteiger partial charge < -0.3 is 9.47 Å². The summed E-state index contributed by atoms with van der Waals surface area (Å²) in [5.41, 5.74) is 1.25. The first kappa shape index (κ1) is 13.9. The molecule has 1 aliphatic heterocycles. The Hall–Kier alpha value is -2.76. The van der Waals surface area contributed by atoms with Crippen molar-refractivity contribution >= 4 is 5.95 Å². The summed E-state index contributed by atoms with van der Waals surface area (Å²) in [7, 11) is 0. The van der Waals surface area contributed by atoms with Crippen LogP contribution in [0.25, 0.3) is 0 Å². The monoisotopic (exact) mass is 306 g/mol. The third kappa shape index (κ3) is 2.67. The second-order valence-corrected chi connectivity index (χ2v) is 5.84. The van der Waals surface area contributed by atoms with E-state index in [1.807, 2.05) is 12.1 Å². The van der Waals surface area contributed by atoms with Crippen LogP contribution in [0.5, 0.6) is 0 Å². The van der Waals surface area contributed by atoms with E-state index in [1.54, 1.807) is 12.4 Å². The number of fused-ring (bicyclic) bond motifs is 1. The molecule has 1 aliphatic rings. The van der Waals surface area contributed by atoms with Crippen molar-refractivity contribution in [1.29, 1.82) is 0 Å². The first-order valence-corrected chi connectivity index (χ1v) is 7.80. The summed E-state index contributed by atoms with van der Waals surface area (Å²) in [6.07, 6.45) is 4.35. The maximum Gasteiger partial charge on any atom is 0.225 e. The van der Waals surface area contributed by atoms with Crippen molar-refractivity contribution < 1.29 is 0 Å². The van der Waals surface area contributed by atoms with Crippen LogP contribution in [0.15, 0.2) is 48.8 Å². The molecule has 0 bridgehead atoms. The van der Waals surface area contributed by atoms with Crippen molar-refractivity contribution in [2.45, 2.75) is 25.9 Å². The van der Waals surface area contributed by atoms with Crippen molar-refractivity contribution in [3.05, 3.63) is 66.0 Å². The molecular formula is C17H18N6. The molecular weight excluding hydrogens is 288 g/mol. The number of benzene rings is 1. The number of rotatable bonds is 3. The van der Waals surface area contributed by atoms with Gasteiger partial charge in [0.25, 0.3) is 0 Å². The lowest BCUT2D eigenvalue weighted by atomic mass is 10.1. The predicted octanol–water partition coefficient (Wildman–Crippen LogP) is 2.24. The van der Waals surface area contributed by atoms with E-state index >= 15 is 0 Å². The molecule has 116 valence electrons. The molecule has 3 aromatic rings. The second-order valence-electron chi connectivity index (χ2n) is 5.84. The van der Waals surface area contributed by atoms with E-state index in [0.717, 1.165) is 30.6 Å². The molecule has 0 saturated heterocycles. The van der Waals surface area contributed by atoms with Crippen LogP contribution in [0.1, 0.15) is 30.2 Å². The van der Waals surface area contributed by atoms with Crippen LogP contribution < -0.4 is 4.90 Å². The highest BCUT2D eigenvalue weighted by Gasteiger charge is 2.27. The van der Waals surface area contributed by atoms with Crippen LogP contribution in [-0.4, -0.2) is 31.3 Å². The lowest BCUT2D eigenvalue weighted by Crippen LogP contribution is -2.38. The molecule has 0 unspecified atom stereocenters. The Morgan fingerprint density at radius 2 is 1.83 bits per heavy atom. The lowest BCUT2D eigenvalue weighted by molar-refractivity contribution is 0.447. The summed E-state index contributed by atoms with van der Waals surface area (Å²) in [4.78, 5) is 10.8. The minimum Gasteiger partial charge on any atom is -0.331 e. The highest BCUT2D eigenvalue weighted by molar-refractivity contribution is 5.31. The Balaban J connectivity index is 1.61. The fourth-order valence-corrected chi connectivity index (χ4v) is 3.12. The summed E-state index contributed by atoms with van der Waals surface area (Å²) in [5.74, 6) is 2.74. The molecule has 6 nitrogen and oxygen atoms in total. The zero-order valence-corrected chi connectivity index (χ0v) is 13.0. The largest absolute Gasteiger partial charge is 0.331 e. The minimum absolute atomic E-state index is 0.288. The van der Waals surface area contributed by atoms with Crippen LogP contribution in [0.3, 0.4) is 0 Å². The normalized spacial score (nSPS) is 17.1. The van der Waals surface area contributed by atoms with E-state index in [0.29, 0.717) is 6.54 Å². The maximum absolute atomic E-state index is 4.42. The number of hydrogen-bond donors (Lipinski definition) is 0. The van der Waals surface area contributed by atoms with Crippen LogP contribution >= 0.6 is 0 Å². The minimum atomic E-state index is 0.288. The van der Waals surface area contributed by atoms with Gasteiger partial charge >= 0.3 is 0 Å². The molecule has 1 atom stereocenters. The van der Waals surface area contributed by atoms with Gasteiger partial charge in [0.2, 0.25) is 5.95 Å². The Morgan fingerprint density at radius 3 is 2.61 bits per heavy atom. The fraction of sp³-hybridized carbons (Fsp3) is 0.294. The Labute approximate surface area is 134 Å². The van der Waals surface area contributed by atoms with Crippen LogP contribution in [0.2, 0.25) is 0 Å². The van der Waals surface area contributed by atoms with Crippen molar-refractivity contribution in [1.82, 2.24) is 24.7 Å². The predicted molar refractivity (Wildman–Crippen MR) is 87.1 cm³/mol. The number of anilines is 1. The molecule has 0 radical (unpaired) electrons. The van der Waals surface area contributed by atoms with Crippen molar-refractivity contribution in [2.75, 3.05) is 11.4 Å². The average molecular weight is 306 g/mol. The van der Waals surface area contributed by atoms with Gasteiger partial charge in [0, 0.05) is 25.4 Å². The van der Waals surface area contributed by atoms with Crippen LogP contribution in [0, 0.1) is 0 Å².